The molecule has 0 heterocycles. The normalized spacial score (nSPS) is 11.9. The molecule has 0 fully saturated rings. The molecule has 1 rings (SSSR count). The summed E-state index contributed by atoms with van der Waals surface area (Å²) in [4.78, 5) is 0. The molecule has 2 nitrogen and oxygen atoms in total. The van der Waals surface area contributed by atoms with Crippen molar-refractivity contribution in [2.45, 2.75) is 46.1 Å². The first kappa shape index (κ1) is 12.6. The van der Waals surface area contributed by atoms with Gasteiger partial charge in [0.25, 0.3) is 0 Å². The molecule has 0 spiro atoms. The molecule has 0 saturated heterocycles. The summed E-state index contributed by atoms with van der Waals surface area (Å²) < 4.78 is 0. The van der Waals surface area contributed by atoms with Gasteiger partial charge >= 0.3 is 0 Å². The third kappa shape index (κ3) is 3.58. The molecule has 0 bridgehead atoms. The minimum Gasteiger partial charge on any atom is -0.382 e. The van der Waals surface area contributed by atoms with Crippen LogP contribution in [0.4, 0.5) is 5.69 Å². The van der Waals surface area contributed by atoms with Gasteiger partial charge in [0, 0.05) is 6.04 Å². The van der Waals surface area contributed by atoms with Gasteiger partial charge in [0.05, 0.1) is 11.3 Å². The molecule has 0 aliphatic heterocycles. The van der Waals surface area contributed by atoms with Crippen LogP contribution in [0.25, 0.3) is 0 Å². The lowest BCUT2D eigenvalue weighted by atomic mass is 10.1. The number of aryl methyl sites for hydroxylation is 1. The van der Waals surface area contributed by atoms with Crippen LogP contribution in [-0.2, 0) is 0 Å². The van der Waals surface area contributed by atoms with Crippen LogP contribution >= 0.6 is 0 Å². The van der Waals surface area contributed by atoms with Crippen LogP contribution in [0.1, 0.15) is 44.2 Å². The summed E-state index contributed by atoms with van der Waals surface area (Å²) in [6.45, 7) is 6.41. The fourth-order valence-corrected chi connectivity index (χ4v) is 1.72. The standard InChI is InChI=1S/C14H20N2/c1-4-5-6-12(3)16-14-9-11(2)7-8-13(14)10-15/h7-9,12,16H,4-6H2,1-3H3. The van der Waals surface area contributed by atoms with Crippen molar-refractivity contribution in [2.24, 2.45) is 0 Å². The average molecular weight is 216 g/mol. The van der Waals surface area contributed by atoms with E-state index in [9.17, 15) is 0 Å². The maximum atomic E-state index is 9.01. The molecule has 1 atom stereocenters. The van der Waals surface area contributed by atoms with Crippen LogP contribution in [-0.4, -0.2) is 6.04 Å². The first-order chi connectivity index (χ1) is 7.67. The maximum absolute atomic E-state index is 9.01. The van der Waals surface area contributed by atoms with Gasteiger partial charge in [-0.25, -0.2) is 0 Å². The number of unbranched alkanes of at least 4 members (excludes halogenated alkanes) is 1. The minimum atomic E-state index is 0.425. The fraction of sp³-hybridized carbons (Fsp3) is 0.500. The topological polar surface area (TPSA) is 35.8 Å². The Hall–Kier alpha value is -1.49. The lowest BCUT2D eigenvalue weighted by Crippen LogP contribution is -2.15. The van der Waals surface area contributed by atoms with Gasteiger partial charge in [-0.2, -0.15) is 5.26 Å². The van der Waals surface area contributed by atoms with Gasteiger partial charge in [0.1, 0.15) is 6.07 Å². The zero-order chi connectivity index (χ0) is 12.0. The second-order valence-electron chi connectivity index (χ2n) is 4.35. The maximum Gasteiger partial charge on any atom is 0.101 e. The Morgan fingerprint density at radius 1 is 1.44 bits per heavy atom. The summed E-state index contributed by atoms with van der Waals surface area (Å²) in [5.74, 6) is 0. The van der Waals surface area contributed by atoms with Gasteiger partial charge in [0.15, 0.2) is 0 Å². The zero-order valence-corrected chi connectivity index (χ0v) is 10.4. The van der Waals surface area contributed by atoms with Gasteiger partial charge in [-0.15, -0.1) is 0 Å². The molecular weight excluding hydrogens is 196 g/mol. The van der Waals surface area contributed by atoms with Crippen molar-refractivity contribution in [2.75, 3.05) is 5.32 Å². The van der Waals surface area contributed by atoms with Crippen LogP contribution in [0.5, 0.6) is 0 Å². The lowest BCUT2D eigenvalue weighted by molar-refractivity contribution is 0.645. The summed E-state index contributed by atoms with van der Waals surface area (Å²) >= 11 is 0. The Morgan fingerprint density at radius 2 is 2.19 bits per heavy atom. The molecule has 0 saturated carbocycles. The molecule has 1 aromatic carbocycles. The molecule has 1 aromatic rings. The molecule has 1 unspecified atom stereocenters. The fourth-order valence-electron chi connectivity index (χ4n) is 1.72. The van der Waals surface area contributed by atoms with E-state index in [0.29, 0.717) is 6.04 Å². The highest BCUT2D eigenvalue weighted by atomic mass is 14.9. The van der Waals surface area contributed by atoms with E-state index in [-0.39, 0.29) is 0 Å². The number of nitrogens with zero attached hydrogens (tertiary/aromatic N) is 1. The number of benzene rings is 1. The number of hydrogen-bond acceptors (Lipinski definition) is 2. The van der Waals surface area contributed by atoms with E-state index < -0.39 is 0 Å². The Labute approximate surface area is 98.3 Å². The SMILES string of the molecule is CCCCC(C)Nc1cc(C)ccc1C#N. The monoisotopic (exact) mass is 216 g/mol. The van der Waals surface area contributed by atoms with Crippen molar-refractivity contribution in [3.63, 3.8) is 0 Å². The number of nitrogens with one attached hydrogen (secondary N) is 1. The first-order valence-corrected chi connectivity index (χ1v) is 5.94. The number of anilines is 1. The van der Waals surface area contributed by atoms with Crippen LogP contribution in [0.3, 0.4) is 0 Å². The average Bonchev–Trinajstić information content (AvgIpc) is 2.27. The summed E-state index contributed by atoms with van der Waals surface area (Å²) in [6, 6.07) is 8.54. The highest BCUT2D eigenvalue weighted by Gasteiger charge is 2.05. The number of hydrogen-bond donors (Lipinski definition) is 1. The Balaban J connectivity index is 2.72. The summed E-state index contributed by atoms with van der Waals surface area (Å²) in [7, 11) is 0. The van der Waals surface area contributed by atoms with E-state index in [2.05, 4.69) is 25.2 Å². The van der Waals surface area contributed by atoms with E-state index in [0.717, 1.165) is 17.7 Å². The van der Waals surface area contributed by atoms with E-state index in [1.54, 1.807) is 0 Å². The summed E-state index contributed by atoms with van der Waals surface area (Å²) in [5, 5.41) is 12.4. The predicted octanol–water partition coefficient (Wildman–Crippen LogP) is 3.86. The van der Waals surface area contributed by atoms with Crippen LogP contribution in [0, 0.1) is 18.3 Å². The zero-order valence-electron chi connectivity index (χ0n) is 10.4. The van der Waals surface area contributed by atoms with Crippen molar-refractivity contribution in [3.8, 4) is 6.07 Å². The highest BCUT2D eigenvalue weighted by molar-refractivity contribution is 5.59. The minimum absolute atomic E-state index is 0.425. The number of rotatable bonds is 5. The third-order valence-corrected chi connectivity index (χ3v) is 2.69. The molecule has 0 aliphatic rings. The van der Waals surface area contributed by atoms with Gasteiger partial charge < -0.3 is 5.32 Å². The van der Waals surface area contributed by atoms with E-state index in [4.69, 9.17) is 5.26 Å². The quantitative estimate of drug-likeness (QED) is 0.811. The van der Waals surface area contributed by atoms with Crippen molar-refractivity contribution in [1.82, 2.24) is 0 Å². The van der Waals surface area contributed by atoms with Gasteiger partial charge in [-0.3, -0.25) is 0 Å². The van der Waals surface area contributed by atoms with E-state index in [1.807, 2.05) is 25.1 Å². The Bertz CT molecular complexity index is 377. The molecule has 2 heteroatoms. The molecule has 16 heavy (non-hydrogen) atoms. The lowest BCUT2D eigenvalue weighted by Gasteiger charge is -2.16. The second kappa shape index (κ2) is 6.17. The molecule has 0 amide bonds. The van der Waals surface area contributed by atoms with Crippen molar-refractivity contribution in [3.05, 3.63) is 29.3 Å². The van der Waals surface area contributed by atoms with E-state index >= 15 is 0 Å². The molecular formula is C14H20N2. The van der Waals surface area contributed by atoms with Gasteiger partial charge in [0.2, 0.25) is 0 Å². The van der Waals surface area contributed by atoms with Gasteiger partial charge in [-0.05, 0) is 38.0 Å². The summed E-state index contributed by atoms with van der Waals surface area (Å²) in [5.41, 5.74) is 2.88. The smallest absolute Gasteiger partial charge is 0.101 e. The molecule has 0 radical (unpaired) electrons. The Morgan fingerprint density at radius 3 is 2.81 bits per heavy atom. The van der Waals surface area contributed by atoms with Crippen LogP contribution in [0.2, 0.25) is 0 Å². The second-order valence-corrected chi connectivity index (χ2v) is 4.35. The first-order valence-electron chi connectivity index (χ1n) is 5.94. The van der Waals surface area contributed by atoms with Crippen molar-refractivity contribution >= 4 is 5.69 Å². The highest BCUT2D eigenvalue weighted by Crippen LogP contribution is 2.18. The summed E-state index contributed by atoms with van der Waals surface area (Å²) in [6.07, 6.45) is 3.59. The Kier molecular flexibility index (Phi) is 4.85. The van der Waals surface area contributed by atoms with Crippen molar-refractivity contribution in [1.29, 1.82) is 5.26 Å². The third-order valence-electron chi connectivity index (χ3n) is 2.69. The number of nitriles is 1. The predicted molar refractivity (Wildman–Crippen MR) is 68.5 cm³/mol. The van der Waals surface area contributed by atoms with Crippen LogP contribution < -0.4 is 5.32 Å². The molecule has 1 N–H and O–H groups in total. The van der Waals surface area contributed by atoms with Crippen LogP contribution in [0.15, 0.2) is 18.2 Å². The largest absolute Gasteiger partial charge is 0.382 e. The molecule has 86 valence electrons. The molecule has 0 aromatic heterocycles. The molecule has 0 aliphatic carbocycles. The van der Waals surface area contributed by atoms with E-state index in [1.165, 1.54) is 18.4 Å². The van der Waals surface area contributed by atoms with Crippen molar-refractivity contribution < 1.29 is 0 Å². The van der Waals surface area contributed by atoms with Gasteiger partial charge in [-0.1, -0.05) is 25.8 Å².